The van der Waals surface area contributed by atoms with Crippen LogP contribution in [0.2, 0.25) is 0 Å². The Kier molecular flexibility index (Phi) is 8.88. The van der Waals surface area contributed by atoms with Crippen molar-refractivity contribution in [2.45, 2.75) is 70.5 Å². The van der Waals surface area contributed by atoms with Crippen molar-refractivity contribution < 1.29 is 14.0 Å². The largest absolute Gasteiger partial charge is 0.352 e. The Bertz CT molecular complexity index is 1120. The molecule has 0 aromatic heterocycles. The lowest BCUT2D eigenvalue weighted by Crippen LogP contribution is -2.53. The minimum absolute atomic E-state index is 0.105. The molecule has 5 heteroatoms. The van der Waals surface area contributed by atoms with Gasteiger partial charge in [-0.1, -0.05) is 91.6 Å². The zero-order valence-corrected chi connectivity index (χ0v) is 21.0. The Morgan fingerprint density at radius 1 is 0.861 bits per heavy atom. The molecular formula is C31H35FN2O2. The van der Waals surface area contributed by atoms with E-state index in [1.807, 2.05) is 61.5 Å². The Morgan fingerprint density at radius 2 is 1.50 bits per heavy atom. The molecule has 1 atom stereocenters. The number of amides is 2. The Morgan fingerprint density at radius 3 is 2.17 bits per heavy atom. The van der Waals surface area contributed by atoms with Gasteiger partial charge in [-0.25, -0.2) is 4.39 Å². The number of halogens is 1. The number of benzene rings is 3. The molecule has 0 aliphatic heterocycles. The summed E-state index contributed by atoms with van der Waals surface area (Å²) < 4.78 is 13.5. The zero-order chi connectivity index (χ0) is 25.3. The fourth-order valence-electron chi connectivity index (χ4n) is 4.87. The SMILES string of the molecule is Cc1ccc(CN(C(=O)Cc2ccc(F)cc2)C(Cc2ccccc2)C(=O)NC2CCCCC2)cc1. The van der Waals surface area contributed by atoms with Crippen molar-refractivity contribution in [2.24, 2.45) is 0 Å². The Labute approximate surface area is 213 Å². The van der Waals surface area contributed by atoms with E-state index in [-0.39, 0.29) is 30.1 Å². The average Bonchev–Trinajstić information content (AvgIpc) is 2.89. The van der Waals surface area contributed by atoms with E-state index < -0.39 is 6.04 Å². The van der Waals surface area contributed by atoms with Crippen LogP contribution in [-0.4, -0.2) is 28.8 Å². The van der Waals surface area contributed by atoms with Crippen molar-refractivity contribution in [3.63, 3.8) is 0 Å². The van der Waals surface area contributed by atoms with Crippen LogP contribution in [0.3, 0.4) is 0 Å². The standard InChI is InChI=1S/C31H35FN2O2/c1-23-12-14-26(15-13-23)22-34(30(35)21-25-16-18-27(32)19-17-25)29(20-24-8-4-2-5-9-24)31(36)33-28-10-6-3-7-11-28/h2,4-5,8-9,12-19,28-29H,3,6-7,10-11,20-22H2,1H3,(H,33,36). The second-order valence-electron chi connectivity index (χ2n) is 9.86. The van der Waals surface area contributed by atoms with E-state index in [4.69, 9.17) is 0 Å². The summed E-state index contributed by atoms with van der Waals surface area (Å²) in [4.78, 5) is 29.2. The van der Waals surface area contributed by atoms with Gasteiger partial charge in [0, 0.05) is 19.0 Å². The fraction of sp³-hybridized carbons (Fsp3) is 0.355. The van der Waals surface area contributed by atoms with E-state index in [1.54, 1.807) is 17.0 Å². The molecule has 0 bridgehead atoms. The summed E-state index contributed by atoms with van der Waals surface area (Å²) >= 11 is 0. The molecule has 0 spiro atoms. The maximum absolute atomic E-state index is 13.7. The predicted octanol–water partition coefficient (Wildman–Crippen LogP) is 5.77. The molecule has 1 aliphatic rings. The smallest absolute Gasteiger partial charge is 0.243 e. The summed E-state index contributed by atoms with van der Waals surface area (Å²) in [7, 11) is 0. The summed E-state index contributed by atoms with van der Waals surface area (Å²) in [6, 6.07) is 23.4. The molecule has 1 unspecified atom stereocenters. The lowest BCUT2D eigenvalue weighted by atomic mass is 9.94. The first-order valence-electron chi connectivity index (χ1n) is 12.9. The zero-order valence-electron chi connectivity index (χ0n) is 21.0. The fourth-order valence-corrected chi connectivity index (χ4v) is 4.87. The topological polar surface area (TPSA) is 49.4 Å². The van der Waals surface area contributed by atoms with Gasteiger partial charge in [0.2, 0.25) is 11.8 Å². The summed E-state index contributed by atoms with van der Waals surface area (Å²) in [6.45, 7) is 2.35. The van der Waals surface area contributed by atoms with Gasteiger partial charge in [0.05, 0.1) is 6.42 Å². The van der Waals surface area contributed by atoms with Gasteiger partial charge < -0.3 is 10.2 Å². The predicted molar refractivity (Wildman–Crippen MR) is 141 cm³/mol. The van der Waals surface area contributed by atoms with Crippen LogP contribution in [0.4, 0.5) is 4.39 Å². The van der Waals surface area contributed by atoms with Crippen molar-refractivity contribution in [1.29, 1.82) is 0 Å². The minimum atomic E-state index is -0.649. The second-order valence-corrected chi connectivity index (χ2v) is 9.86. The van der Waals surface area contributed by atoms with Gasteiger partial charge in [-0.15, -0.1) is 0 Å². The summed E-state index contributed by atoms with van der Waals surface area (Å²) in [5.41, 5.74) is 3.83. The second kappa shape index (κ2) is 12.5. The third kappa shape index (κ3) is 7.27. The molecule has 2 amide bonds. The molecule has 4 nitrogen and oxygen atoms in total. The van der Waals surface area contributed by atoms with Crippen LogP contribution in [0, 0.1) is 12.7 Å². The van der Waals surface area contributed by atoms with Gasteiger partial charge in [-0.05, 0) is 48.6 Å². The average molecular weight is 487 g/mol. The van der Waals surface area contributed by atoms with Gasteiger partial charge in [-0.2, -0.15) is 0 Å². The van der Waals surface area contributed by atoms with E-state index in [1.165, 1.54) is 18.6 Å². The molecule has 0 radical (unpaired) electrons. The molecule has 1 N–H and O–H groups in total. The molecule has 1 fully saturated rings. The van der Waals surface area contributed by atoms with Crippen LogP contribution in [0.15, 0.2) is 78.9 Å². The number of rotatable bonds is 9. The first-order valence-corrected chi connectivity index (χ1v) is 12.9. The highest BCUT2D eigenvalue weighted by Gasteiger charge is 2.32. The van der Waals surface area contributed by atoms with Crippen molar-refractivity contribution in [1.82, 2.24) is 10.2 Å². The lowest BCUT2D eigenvalue weighted by Gasteiger charge is -2.33. The molecule has 36 heavy (non-hydrogen) atoms. The first kappa shape index (κ1) is 25.6. The normalized spacial score (nSPS) is 14.7. The molecule has 1 saturated carbocycles. The van der Waals surface area contributed by atoms with Crippen molar-refractivity contribution in [2.75, 3.05) is 0 Å². The van der Waals surface area contributed by atoms with Crippen LogP contribution >= 0.6 is 0 Å². The van der Waals surface area contributed by atoms with Crippen LogP contribution < -0.4 is 5.32 Å². The van der Waals surface area contributed by atoms with Crippen LogP contribution in [0.25, 0.3) is 0 Å². The number of nitrogens with one attached hydrogen (secondary N) is 1. The highest BCUT2D eigenvalue weighted by atomic mass is 19.1. The molecule has 4 rings (SSSR count). The molecule has 0 heterocycles. The maximum Gasteiger partial charge on any atom is 0.243 e. The van der Waals surface area contributed by atoms with Gasteiger partial charge in [-0.3, -0.25) is 9.59 Å². The quantitative estimate of drug-likeness (QED) is 0.418. The molecular weight excluding hydrogens is 451 g/mol. The number of aryl methyl sites for hydroxylation is 1. The van der Waals surface area contributed by atoms with E-state index in [0.29, 0.717) is 13.0 Å². The van der Waals surface area contributed by atoms with E-state index in [2.05, 4.69) is 5.32 Å². The van der Waals surface area contributed by atoms with Crippen molar-refractivity contribution in [3.8, 4) is 0 Å². The van der Waals surface area contributed by atoms with Crippen LogP contribution in [-0.2, 0) is 29.0 Å². The molecule has 3 aromatic rings. The van der Waals surface area contributed by atoms with Crippen molar-refractivity contribution >= 4 is 11.8 Å². The number of hydrogen-bond acceptors (Lipinski definition) is 2. The summed E-state index contributed by atoms with van der Waals surface area (Å²) in [6.07, 6.45) is 5.93. The van der Waals surface area contributed by atoms with Crippen LogP contribution in [0.1, 0.15) is 54.4 Å². The monoisotopic (exact) mass is 486 g/mol. The number of nitrogens with zero attached hydrogens (tertiary/aromatic N) is 1. The third-order valence-electron chi connectivity index (χ3n) is 6.96. The first-order chi connectivity index (χ1) is 17.5. The van der Waals surface area contributed by atoms with Crippen molar-refractivity contribution in [3.05, 3.63) is 107 Å². The lowest BCUT2D eigenvalue weighted by molar-refractivity contribution is -0.141. The summed E-state index contributed by atoms with van der Waals surface area (Å²) in [5.74, 6) is -0.594. The number of hydrogen-bond donors (Lipinski definition) is 1. The maximum atomic E-state index is 13.7. The van der Waals surface area contributed by atoms with Gasteiger partial charge in [0.15, 0.2) is 0 Å². The molecule has 3 aromatic carbocycles. The minimum Gasteiger partial charge on any atom is -0.352 e. The molecule has 0 saturated heterocycles. The molecule has 188 valence electrons. The van der Waals surface area contributed by atoms with Crippen LogP contribution in [0.5, 0.6) is 0 Å². The van der Waals surface area contributed by atoms with E-state index >= 15 is 0 Å². The van der Waals surface area contributed by atoms with Gasteiger partial charge >= 0.3 is 0 Å². The molecule has 1 aliphatic carbocycles. The number of carbonyl (C=O) groups excluding carboxylic acids is 2. The number of carbonyl (C=O) groups is 2. The Balaban J connectivity index is 1.64. The van der Waals surface area contributed by atoms with Gasteiger partial charge in [0.1, 0.15) is 11.9 Å². The van der Waals surface area contributed by atoms with E-state index in [9.17, 15) is 14.0 Å². The third-order valence-corrected chi connectivity index (χ3v) is 6.96. The van der Waals surface area contributed by atoms with Gasteiger partial charge in [0.25, 0.3) is 0 Å². The highest BCUT2D eigenvalue weighted by Crippen LogP contribution is 2.20. The summed E-state index contributed by atoms with van der Waals surface area (Å²) in [5, 5.41) is 3.26. The highest BCUT2D eigenvalue weighted by molar-refractivity contribution is 5.89. The van der Waals surface area contributed by atoms with E-state index in [0.717, 1.165) is 47.9 Å². The Hall–Kier alpha value is -3.47.